The van der Waals surface area contributed by atoms with E-state index in [1.807, 2.05) is 39.0 Å². The van der Waals surface area contributed by atoms with Crippen molar-refractivity contribution in [1.29, 1.82) is 0 Å². The van der Waals surface area contributed by atoms with Crippen molar-refractivity contribution in [2.75, 3.05) is 5.32 Å². The number of aromatic nitrogens is 1. The Balaban J connectivity index is 1.92. The molecule has 1 N–H and O–H groups in total. The summed E-state index contributed by atoms with van der Waals surface area (Å²) in [5.41, 5.74) is 2.46. The largest absolute Gasteiger partial charge is 0.361 e. The fourth-order valence-electron chi connectivity index (χ4n) is 1.75. The maximum absolute atomic E-state index is 12.2. The van der Waals surface area contributed by atoms with Crippen molar-refractivity contribution in [3.8, 4) is 0 Å². The molecule has 0 aliphatic heterocycles. The van der Waals surface area contributed by atoms with Crippen LogP contribution in [0.4, 0.5) is 5.69 Å². The molecular weight excluding hydrogens is 308 g/mol. The Labute approximate surface area is 133 Å². The van der Waals surface area contributed by atoms with E-state index in [-0.39, 0.29) is 11.2 Å². The van der Waals surface area contributed by atoms with Crippen molar-refractivity contribution in [3.05, 3.63) is 46.3 Å². The van der Waals surface area contributed by atoms with Gasteiger partial charge in [0.25, 0.3) is 0 Å². The van der Waals surface area contributed by atoms with Gasteiger partial charge in [0.05, 0.1) is 10.9 Å². The van der Waals surface area contributed by atoms with Gasteiger partial charge in [-0.25, -0.2) is 0 Å². The van der Waals surface area contributed by atoms with E-state index in [4.69, 9.17) is 16.1 Å². The van der Waals surface area contributed by atoms with Crippen molar-refractivity contribution in [1.82, 2.24) is 5.16 Å². The normalized spacial score (nSPS) is 12.2. The minimum atomic E-state index is -0.194. The van der Waals surface area contributed by atoms with Crippen LogP contribution in [0.2, 0.25) is 5.02 Å². The minimum Gasteiger partial charge on any atom is -0.361 e. The lowest BCUT2D eigenvalue weighted by molar-refractivity contribution is -0.115. The molecule has 0 aliphatic rings. The van der Waals surface area contributed by atoms with E-state index in [0.29, 0.717) is 10.8 Å². The summed E-state index contributed by atoms with van der Waals surface area (Å²) in [4.78, 5) is 12.2. The van der Waals surface area contributed by atoms with Gasteiger partial charge >= 0.3 is 0 Å². The summed E-state index contributed by atoms with van der Waals surface area (Å²) in [6.07, 6.45) is 0. The Bertz CT molecular complexity index is 642. The minimum absolute atomic E-state index is 0.0504. The van der Waals surface area contributed by atoms with Crippen LogP contribution in [-0.4, -0.2) is 16.3 Å². The lowest BCUT2D eigenvalue weighted by atomic mass is 10.2. The van der Waals surface area contributed by atoms with Gasteiger partial charge in [0.2, 0.25) is 5.91 Å². The summed E-state index contributed by atoms with van der Waals surface area (Å²) >= 11 is 7.56. The quantitative estimate of drug-likeness (QED) is 0.895. The molecule has 1 amide bonds. The van der Waals surface area contributed by atoms with Gasteiger partial charge in [0.1, 0.15) is 5.76 Å². The Hall–Kier alpha value is -1.46. The highest BCUT2D eigenvalue weighted by Crippen LogP contribution is 2.24. The third-order valence-corrected chi connectivity index (χ3v) is 4.64. The van der Waals surface area contributed by atoms with Crippen molar-refractivity contribution in [2.24, 2.45) is 0 Å². The van der Waals surface area contributed by atoms with Crippen LogP contribution in [0.5, 0.6) is 0 Å². The van der Waals surface area contributed by atoms with Crippen molar-refractivity contribution >= 4 is 35.0 Å². The molecule has 0 saturated heterocycles. The predicted molar refractivity (Wildman–Crippen MR) is 86.8 cm³/mol. The fraction of sp³-hybridized carbons (Fsp3) is 0.333. The molecule has 1 heterocycles. The van der Waals surface area contributed by atoms with Crippen LogP contribution in [0, 0.1) is 13.8 Å². The highest BCUT2D eigenvalue weighted by Gasteiger charge is 2.16. The standard InChI is InChI=1S/C15H17ClN2O2S/c1-9-7-12(18-20-9)8-21-11(3)15(19)17-14-6-4-5-13(16)10(14)2/h4-7,11H,8H2,1-3H3,(H,17,19). The Kier molecular flexibility index (Phi) is 5.31. The zero-order valence-corrected chi connectivity index (χ0v) is 13.7. The molecule has 0 fully saturated rings. The van der Waals surface area contributed by atoms with Gasteiger partial charge in [-0.15, -0.1) is 11.8 Å². The molecule has 0 bridgehead atoms. The van der Waals surface area contributed by atoms with Gasteiger partial charge < -0.3 is 9.84 Å². The molecule has 1 unspecified atom stereocenters. The van der Waals surface area contributed by atoms with Gasteiger partial charge in [0, 0.05) is 22.5 Å². The zero-order valence-electron chi connectivity index (χ0n) is 12.1. The summed E-state index contributed by atoms with van der Waals surface area (Å²) < 4.78 is 5.00. The number of hydrogen-bond acceptors (Lipinski definition) is 4. The summed E-state index contributed by atoms with van der Waals surface area (Å²) in [6.45, 7) is 5.60. The first-order valence-electron chi connectivity index (χ1n) is 6.57. The average Bonchev–Trinajstić information content (AvgIpc) is 2.87. The van der Waals surface area contributed by atoms with E-state index in [9.17, 15) is 4.79 Å². The van der Waals surface area contributed by atoms with Gasteiger partial charge in [-0.1, -0.05) is 22.8 Å². The lowest BCUT2D eigenvalue weighted by Gasteiger charge is -2.13. The SMILES string of the molecule is Cc1cc(CSC(C)C(=O)Nc2cccc(Cl)c2C)no1. The Morgan fingerprint density at radius 3 is 2.90 bits per heavy atom. The first-order chi connectivity index (χ1) is 9.97. The van der Waals surface area contributed by atoms with E-state index < -0.39 is 0 Å². The topological polar surface area (TPSA) is 55.1 Å². The molecule has 1 aromatic heterocycles. The van der Waals surface area contributed by atoms with Gasteiger partial charge in [-0.05, 0) is 38.5 Å². The first kappa shape index (κ1) is 15.9. The molecule has 2 aromatic rings. The van der Waals surface area contributed by atoms with Crippen molar-refractivity contribution < 1.29 is 9.32 Å². The lowest BCUT2D eigenvalue weighted by Crippen LogP contribution is -2.23. The van der Waals surface area contributed by atoms with Crippen LogP contribution in [0.3, 0.4) is 0 Å². The second kappa shape index (κ2) is 7.00. The third-order valence-electron chi connectivity index (χ3n) is 3.05. The van der Waals surface area contributed by atoms with Crippen LogP contribution < -0.4 is 5.32 Å². The summed E-state index contributed by atoms with van der Waals surface area (Å²) in [7, 11) is 0. The number of thioether (sulfide) groups is 1. The Morgan fingerprint density at radius 1 is 1.48 bits per heavy atom. The zero-order chi connectivity index (χ0) is 15.4. The van der Waals surface area contributed by atoms with Crippen molar-refractivity contribution in [2.45, 2.75) is 31.8 Å². The van der Waals surface area contributed by atoms with Crippen molar-refractivity contribution in [3.63, 3.8) is 0 Å². The number of aryl methyl sites for hydroxylation is 1. The average molecular weight is 325 g/mol. The maximum atomic E-state index is 12.2. The highest BCUT2D eigenvalue weighted by molar-refractivity contribution is 7.99. The molecule has 0 aliphatic carbocycles. The van der Waals surface area contributed by atoms with E-state index in [0.717, 1.165) is 22.7 Å². The van der Waals surface area contributed by atoms with Crippen LogP contribution in [0.15, 0.2) is 28.8 Å². The monoisotopic (exact) mass is 324 g/mol. The van der Waals surface area contributed by atoms with E-state index >= 15 is 0 Å². The van der Waals surface area contributed by atoms with Crippen LogP contribution in [-0.2, 0) is 10.5 Å². The number of nitrogens with zero attached hydrogens (tertiary/aromatic N) is 1. The molecule has 4 nitrogen and oxygen atoms in total. The number of amides is 1. The molecule has 0 radical (unpaired) electrons. The number of rotatable bonds is 5. The maximum Gasteiger partial charge on any atom is 0.237 e. The molecule has 112 valence electrons. The highest BCUT2D eigenvalue weighted by atomic mass is 35.5. The second-order valence-electron chi connectivity index (χ2n) is 4.78. The molecular formula is C15H17ClN2O2S. The van der Waals surface area contributed by atoms with E-state index in [2.05, 4.69) is 10.5 Å². The summed E-state index contributed by atoms with van der Waals surface area (Å²) in [5, 5.41) is 7.27. The number of nitrogens with one attached hydrogen (secondary N) is 1. The number of anilines is 1. The fourth-order valence-corrected chi connectivity index (χ4v) is 2.69. The van der Waals surface area contributed by atoms with Crippen LogP contribution >= 0.6 is 23.4 Å². The molecule has 1 atom stereocenters. The molecule has 1 aromatic carbocycles. The predicted octanol–water partition coefficient (Wildman–Crippen LogP) is 4.21. The van der Waals surface area contributed by atoms with Crippen LogP contribution in [0.25, 0.3) is 0 Å². The first-order valence-corrected chi connectivity index (χ1v) is 8.00. The third kappa shape index (κ3) is 4.25. The van der Waals surface area contributed by atoms with E-state index in [1.165, 1.54) is 11.8 Å². The van der Waals surface area contributed by atoms with E-state index in [1.54, 1.807) is 6.07 Å². The molecule has 21 heavy (non-hydrogen) atoms. The Morgan fingerprint density at radius 2 is 2.24 bits per heavy atom. The number of benzene rings is 1. The number of halogens is 1. The molecule has 0 saturated carbocycles. The number of carbonyl (C=O) groups excluding carboxylic acids is 1. The molecule has 2 rings (SSSR count). The summed E-state index contributed by atoms with van der Waals surface area (Å²) in [6, 6.07) is 7.34. The second-order valence-corrected chi connectivity index (χ2v) is 6.52. The van der Waals surface area contributed by atoms with Gasteiger partial charge in [0.15, 0.2) is 0 Å². The summed E-state index contributed by atoms with van der Waals surface area (Å²) in [5.74, 6) is 1.36. The molecule has 0 spiro atoms. The number of hydrogen-bond donors (Lipinski definition) is 1. The number of carbonyl (C=O) groups is 1. The molecule has 6 heteroatoms. The van der Waals surface area contributed by atoms with Gasteiger partial charge in [-0.2, -0.15) is 0 Å². The van der Waals surface area contributed by atoms with Crippen LogP contribution in [0.1, 0.15) is 23.9 Å². The van der Waals surface area contributed by atoms with Gasteiger partial charge in [-0.3, -0.25) is 4.79 Å². The smallest absolute Gasteiger partial charge is 0.237 e.